The van der Waals surface area contributed by atoms with Crippen molar-refractivity contribution in [3.63, 3.8) is 0 Å². The Morgan fingerprint density at radius 2 is 2.12 bits per heavy atom. The van der Waals surface area contributed by atoms with Gasteiger partial charge in [-0.3, -0.25) is 0 Å². The Bertz CT molecular complexity index is 1000. The van der Waals surface area contributed by atoms with Crippen LogP contribution in [-0.2, 0) is 4.79 Å². The van der Waals surface area contributed by atoms with Crippen LogP contribution in [0.3, 0.4) is 0 Å². The average molecular weight is 366 g/mol. The van der Waals surface area contributed by atoms with E-state index < -0.39 is 12.6 Å². The minimum Gasteiger partial charge on any atom is -0.493 e. The second-order valence-corrected chi connectivity index (χ2v) is 6.28. The number of aromatic nitrogens is 1. The molecule has 1 heterocycles. The number of nitriles is 1. The number of carbonyl (C=O) groups is 1. The number of para-hydroxylation sites is 1. The largest absolute Gasteiger partial charge is 0.493 e. The molecule has 0 bridgehead atoms. The van der Waals surface area contributed by atoms with Crippen molar-refractivity contribution in [2.24, 2.45) is 0 Å². The normalized spacial score (nSPS) is 11.2. The fourth-order valence-electron chi connectivity index (χ4n) is 2.33. The van der Waals surface area contributed by atoms with Crippen LogP contribution in [0, 0.1) is 11.3 Å². The van der Waals surface area contributed by atoms with E-state index in [4.69, 9.17) is 14.6 Å². The van der Waals surface area contributed by atoms with Gasteiger partial charge >= 0.3 is 5.97 Å². The molecule has 0 spiro atoms. The zero-order chi connectivity index (χ0) is 18.5. The van der Waals surface area contributed by atoms with Crippen molar-refractivity contribution in [2.45, 2.75) is 0 Å². The minimum absolute atomic E-state index is 0.325. The van der Waals surface area contributed by atoms with E-state index >= 15 is 0 Å². The number of hydrogen-bond acceptors (Lipinski definition) is 6. The van der Waals surface area contributed by atoms with Gasteiger partial charge in [0.25, 0.3) is 0 Å². The van der Waals surface area contributed by atoms with Crippen LogP contribution < -0.4 is 9.47 Å². The second kappa shape index (κ2) is 7.68. The number of aliphatic carboxylic acids is 1. The zero-order valence-corrected chi connectivity index (χ0v) is 14.6. The molecule has 0 aliphatic carbocycles. The van der Waals surface area contributed by atoms with E-state index in [-0.39, 0.29) is 0 Å². The molecule has 0 fully saturated rings. The van der Waals surface area contributed by atoms with Gasteiger partial charge in [0, 0.05) is 0 Å². The molecule has 0 amide bonds. The first-order chi connectivity index (χ1) is 12.6. The molecule has 0 radical (unpaired) electrons. The molecule has 0 saturated heterocycles. The quantitative estimate of drug-likeness (QED) is 0.667. The molecule has 6 nitrogen and oxygen atoms in total. The standard InChI is InChI=1S/C19H14N2O4S/c1-24-16-9-12(6-7-15(16)25-11-18(22)23)8-13(10-20)19-21-14-4-2-3-5-17(14)26-19/h2-9H,11H2,1H3,(H,22,23)/b13-8-. The predicted molar refractivity (Wildman–Crippen MR) is 99.2 cm³/mol. The van der Waals surface area contributed by atoms with Gasteiger partial charge in [0.05, 0.1) is 22.9 Å². The first kappa shape index (κ1) is 17.5. The number of carboxylic acid groups (broad SMARTS) is 1. The maximum Gasteiger partial charge on any atom is 0.341 e. The number of thiazole rings is 1. The predicted octanol–water partition coefficient (Wildman–Crippen LogP) is 3.83. The van der Waals surface area contributed by atoms with E-state index in [1.54, 1.807) is 24.3 Å². The number of rotatable bonds is 6. The fourth-order valence-corrected chi connectivity index (χ4v) is 3.26. The van der Waals surface area contributed by atoms with Gasteiger partial charge in [-0.25, -0.2) is 9.78 Å². The number of hydrogen-bond donors (Lipinski definition) is 1. The summed E-state index contributed by atoms with van der Waals surface area (Å²) in [6.45, 7) is -0.458. The van der Waals surface area contributed by atoms with Gasteiger partial charge in [0.15, 0.2) is 18.1 Å². The summed E-state index contributed by atoms with van der Waals surface area (Å²) in [5.74, 6) is -0.356. The third-order valence-corrected chi connectivity index (χ3v) is 4.56. The number of nitrogens with zero attached hydrogens (tertiary/aromatic N) is 2. The lowest BCUT2D eigenvalue weighted by Crippen LogP contribution is -2.10. The van der Waals surface area contributed by atoms with E-state index in [2.05, 4.69) is 11.1 Å². The van der Waals surface area contributed by atoms with Crippen LogP contribution in [0.1, 0.15) is 10.6 Å². The summed E-state index contributed by atoms with van der Waals surface area (Å²) < 4.78 is 11.4. The molecular formula is C19H14N2O4S. The number of carboxylic acids is 1. The molecule has 130 valence electrons. The van der Waals surface area contributed by atoms with Crippen LogP contribution in [0.2, 0.25) is 0 Å². The van der Waals surface area contributed by atoms with Crippen LogP contribution in [0.5, 0.6) is 11.5 Å². The fraction of sp³-hybridized carbons (Fsp3) is 0.105. The Balaban J connectivity index is 1.93. The maximum absolute atomic E-state index is 10.6. The first-order valence-electron chi connectivity index (χ1n) is 7.61. The highest BCUT2D eigenvalue weighted by Gasteiger charge is 2.11. The zero-order valence-electron chi connectivity index (χ0n) is 13.8. The number of ether oxygens (including phenoxy) is 2. The minimum atomic E-state index is -1.07. The van der Waals surface area contributed by atoms with Gasteiger partial charge in [-0.15, -0.1) is 11.3 Å². The molecule has 0 aliphatic rings. The van der Waals surface area contributed by atoms with Crippen LogP contribution in [0.15, 0.2) is 42.5 Å². The Labute approximate surface area is 153 Å². The summed E-state index contributed by atoms with van der Waals surface area (Å²) in [4.78, 5) is 15.1. The SMILES string of the molecule is COc1cc(/C=C(/C#N)c2nc3ccccc3s2)ccc1OCC(=O)O. The Kier molecular flexibility index (Phi) is 5.15. The summed E-state index contributed by atoms with van der Waals surface area (Å²) in [6.07, 6.45) is 1.71. The van der Waals surface area contributed by atoms with Gasteiger partial charge in [-0.1, -0.05) is 18.2 Å². The average Bonchev–Trinajstić information content (AvgIpc) is 3.08. The molecule has 3 rings (SSSR count). The van der Waals surface area contributed by atoms with Crippen molar-refractivity contribution in [1.82, 2.24) is 4.98 Å². The Morgan fingerprint density at radius 1 is 1.31 bits per heavy atom. The lowest BCUT2D eigenvalue weighted by Gasteiger charge is -2.09. The van der Waals surface area contributed by atoms with E-state index in [0.29, 0.717) is 22.1 Å². The molecule has 3 aromatic rings. The highest BCUT2D eigenvalue weighted by atomic mass is 32.1. The molecule has 0 unspecified atom stereocenters. The second-order valence-electron chi connectivity index (χ2n) is 5.25. The molecule has 26 heavy (non-hydrogen) atoms. The number of fused-ring (bicyclic) bond motifs is 1. The van der Waals surface area contributed by atoms with Crippen LogP contribution >= 0.6 is 11.3 Å². The Morgan fingerprint density at radius 3 is 2.81 bits per heavy atom. The van der Waals surface area contributed by atoms with Gasteiger partial charge < -0.3 is 14.6 Å². The Hall–Kier alpha value is -3.37. The summed E-state index contributed by atoms with van der Waals surface area (Å²) in [7, 11) is 1.47. The highest BCUT2D eigenvalue weighted by Crippen LogP contribution is 2.31. The number of allylic oxidation sites excluding steroid dienone is 1. The molecule has 1 N–H and O–H groups in total. The van der Waals surface area contributed by atoms with Crippen molar-refractivity contribution in [1.29, 1.82) is 5.26 Å². The monoisotopic (exact) mass is 366 g/mol. The smallest absolute Gasteiger partial charge is 0.341 e. The lowest BCUT2D eigenvalue weighted by molar-refractivity contribution is -0.139. The number of methoxy groups -OCH3 is 1. The third kappa shape index (κ3) is 3.82. The van der Waals surface area contributed by atoms with Crippen LogP contribution in [0.4, 0.5) is 0 Å². The van der Waals surface area contributed by atoms with Crippen LogP contribution in [-0.4, -0.2) is 29.8 Å². The molecule has 0 saturated carbocycles. The van der Waals surface area contributed by atoms with Gasteiger partial charge in [0.1, 0.15) is 11.1 Å². The van der Waals surface area contributed by atoms with E-state index in [1.807, 2.05) is 24.3 Å². The van der Waals surface area contributed by atoms with Gasteiger partial charge in [-0.2, -0.15) is 5.26 Å². The highest BCUT2D eigenvalue weighted by molar-refractivity contribution is 7.19. The van der Waals surface area contributed by atoms with Crippen molar-refractivity contribution in [3.8, 4) is 17.6 Å². The van der Waals surface area contributed by atoms with Crippen LogP contribution in [0.25, 0.3) is 21.9 Å². The van der Waals surface area contributed by atoms with Gasteiger partial charge in [0.2, 0.25) is 0 Å². The summed E-state index contributed by atoms with van der Waals surface area (Å²) in [5.41, 5.74) is 2.01. The maximum atomic E-state index is 10.6. The van der Waals surface area contributed by atoms with Crippen molar-refractivity contribution in [3.05, 3.63) is 53.0 Å². The van der Waals surface area contributed by atoms with Gasteiger partial charge in [-0.05, 0) is 35.9 Å². The molecule has 7 heteroatoms. The van der Waals surface area contributed by atoms with Crippen molar-refractivity contribution in [2.75, 3.05) is 13.7 Å². The number of benzene rings is 2. The molecule has 0 atom stereocenters. The molecule has 1 aromatic heterocycles. The topological polar surface area (TPSA) is 92.4 Å². The van der Waals surface area contributed by atoms with E-state index in [0.717, 1.165) is 15.8 Å². The molecular weight excluding hydrogens is 352 g/mol. The summed E-state index contributed by atoms with van der Waals surface area (Å²) in [5, 5.41) is 18.9. The molecule has 0 aliphatic heterocycles. The summed E-state index contributed by atoms with van der Waals surface area (Å²) >= 11 is 1.45. The summed E-state index contributed by atoms with van der Waals surface area (Å²) in [6, 6.07) is 14.9. The first-order valence-corrected chi connectivity index (χ1v) is 8.42. The van der Waals surface area contributed by atoms with E-state index in [9.17, 15) is 10.1 Å². The van der Waals surface area contributed by atoms with Crippen molar-refractivity contribution >= 4 is 39.2 Å². The lowest BCUT2D eigenvalue weighted by atomic mass is 10.1. The molecule has 2 aromatic carbocycles. The third-order valence-electron chi connectivity index (χ3n) is 3.49. The van der Waals surface area contributed by atoms with Crippen molar-refractivity contribution < 1.29 is 19.4 Å². The van der Waals surface area contributed by atoms with E-state index in [1.165, 1.54) is 18.4 Å².